The quantitative estimate of drug-likeness (QED) is 0.302. The molecule has 1 N–H and O–H groups in total. The van der Waals surface area contributed by atoms with E-state index in [4.69, 9.17) is 5.11 Å². The van der Waals surface area contributed by atoms with Crippen LogP contribution in [0, 0.1) is 10.1 Å². The van der Waals surface area contributed by atoms with Crippen molar-refractivity contribution >= 4 is 41.1 Å². The lowest BCUT2D eigenvalue weighted by Crippen LogP contribution is -2.41. The molecular weight excluding hydrogens is 388 g/mol. The fraction of sp³-hybridized carbons (Fsp3) is 0.444. The first-order chi connectivity index (χ1) is 12.9. The van der Waals surface area contributed by atoms with Crippen molar-refractivity contribution in [2.45, 2.75) is 30.9 Å². The van der Waals surface area contributed by atoms with E-state index in [1.54, 1.807) is 34.5 Å². The van der Waals surface area contributed by atoms with Crippen molar-refractivity contribution in [2.24, 2.45) is 0 Å². The fourth-order valence-corrected chi connectivity index (χ4v) is 5.88. The van der Waals surface area contributed by atoms with Gasteiger partial charge in [-0.05, 0) is 29.6 Å². The molecular formula is C18H22N2O5S2. The number of amides is 1. The monoisotopic (exact) mass is 410 g/mol. The molecule has 1 saturated heterocycles. The number of hydrogen-bond acceptors (Lipinski definition) is 6. The van der Waals surface area contributed by atoms with Crippen LogP contribution in [0.3, 0.4) is 0 Å². The molecule has 0 bridgehead atoms. The number of carbonyl (C=O) groups excluding carboxylic acids is 1. The molecule has 7 nitrogen and oxygen atoms in total. The first kappa shape index (κ1) is 21.3. The second-order valence-corrected chi connectivity index (χ2v) is 9.03. The van der Waals surface area contributed by atoms with Gasteiger partial charge < -0.3 is 10.0 Å². The molecule has 0 aromatic heterocycles. The molecule has 1 amide bonds. The van der Waals surface area contributed by atoms with Gasteiger partial charge >= 0.3 is 5.97 Å². The molecule has 1 fully saturated rings. The molecule has 0 radical (unpaired) electrons. The van der Waals surface area contributed by atoms with Crippen molar-refractivity contribution in [3.8, 4) is 0 Å². The van der Waals surface area contributed by atoms with E-state index in [9.17, 15) is 19.7 Å². The van der Waals surface area contributed by atoms with Crippen molar-refractivity contribution in [1.82, 2.24) is 4.90 Å². The number of likely N-dealkylation sites (tertiary alicyclic amines) is 1. The van der Waals surface area contributed by atoms with E-state index in [0.29, 0.717) is 12.0 Å². The second-order valence-electron chi connectivity index (χ2n) is 5.90. The predicted molar refractivity (Wildman–Crippen MR) is 108 cm³/mol. The van der Waals surface area contributed by atoms with Gasteiger partial charge in [0.25, 0.3) is 11.6 Å². The van der Waals surface area contributed by atoms with Gasteiger partial charge in [-0.2, -0.15) is 0 Å². The normalized spacial score (nSPS) is 18.3. The highest BCUT2D eigenvalue weighted by Gasteiger charge is 2.39. The predicted octanol–water partition coefficient (Wildman–Crippen LogP) is 3.65. The van der Waals surface area contributed by atoms with Crippen LogP contribution < -0.4 is 0 Å². The van der Waals surface area contributed by atoms with Crippen molar-refractivity contribution in [3.63, 3.8) is 0 Å². The van der Waals surface area contributed by atoms with Gasteiger partial charge in [0.05, 0.1) is 15.5 Å². The van der Waals surface area contributed by atoms with Crippen LogP contribution in [0.4, 0.5) is 5.69 Å². The van der Waals surface area contributed by atoms with Gasteiger partial charge in [0.1, 0.15) is 5.56 Å². The molecule has 0 unspecified atom stereocenters. The van der Waals surface area contributed by atoms with Crippen LogP contribution in [0.2, 0.25) is 0 Å². The summed E-state index contributed by atoms with van der Waals surface area (Å²) < 4.78 is 0.0754. The van der Waals surface area contributed by atoms with Crippen LogP contribution in [-0.4, -0.2) is 55.5 Å². The molecule has 1 aliphatic heterocycles. The smallest absolute Gasteiger partial charge is 0.328 e. The zero-order chi connectivity index (χ0) is 20.0. The summed E-state index contributed by atoms with van der Waals surface area (Å²) in [6.07, 6.45) is 1.60. The molecule has 1 aromatic carbocycles. The lowest BCUT2D eigenvalue weighted by atomic mass is 10.1. The van der Waals surface area contributed by atoms with Crippen LogP contribution >= 0.6 is 23.5 Å². The average molecular weight is 411 g/mol. The lowest BCUT2D eigenvalue weighted by Gasteiger charge is -2.30. The van der Waals surface area contributed by atoms with Crippen LogP contribution in [0.25, 0.3) is 0 Å². The summed E-state index contributed by atoms with van der Waals surface area (Å²) in [4.78, 5) is 36.6. The molecule has 0 aliphatic carbocycles. The summed E-state index contributed by atoms with van der Waals surface area (Å²) in [6, 6.07) is 5.67. The van der Waals surface area contributed by atoms with Crippen molar-refractivity contribution in [2.75, 3.05) is 18.1 Å². The Balaban J connectivity index is 2.41. The third-order valence-corrected chi connectivity index (χ3v) is 6.91. The van der Waals surface area contributed by atoms with Gasteiger partial charge in [0.2, 0.25) is 0 Å². The first-order valence-electron chi connectivity index (χ1n) is 8.59. The van der Waals surface area contributed by atoms with Gasteiger partial charge in [-0.1, -0.05) is 26.0 Å². The molecule has 27 heavy (non-hydrogen) atoms. The SMILES string of the molecule is CCSC(SCC)[C@@H]1C/C(=C\C(=O)O)CN1C(=O)c1ccccc1[N+](=O)[O-]. The van der Waals surface area contributed by atoms with Crippen molar-refractivity contribution in [3.05, 3.63) is 51.6 Å². The minimum absolute atomic E-state index is 0.0332. The molecule has 1 aliphatic rings. The lowest BCUT2D eigenvalue weighted by molar-refractivity contribution is -0.385. The number of para-hydroxylation sites is 1. The van der Waals surface area contributed by atoms with E-state index >= 15 is 0 Å². The summed E-state index contributed by atoms with van der Waals surface area (Å²) in [7, 11) is 0. The Hall–Kier alpha value is -2.00. The minimum atomic E-state index is -1.05. The maximum absolute atomic E-state index is 13.2. The number of aliphatic carboxylic acids is 1. The van der Waals surface area contributed by atoms with Crippen molar-refractivity contribution < 1.29 is 19.6 Å². The van der Waals surface area contributed by atoms with Gasteiger partial charge in [0.15, 0.2) is 0 Å². The molecule has 0 saturated carbocycles. The van der Waals surface area contributed by atoms with Gasteiger partial charge in [0, 0.05) is 18.7 Å². The number of rotatable bonds is 8. The van der Waals surface area contributed by atoms with Gasteiger partial charge in [-0.3, -0.25) is 14.9 Å². The molecule has 146 valence electrons. The summed E-state index contributed by atoms with van der Waals surface area (Å²) in [6.45, 7) is 4.24. The van der Waals surface area contributed by atoms with E-state index in [1.165, 1.54) is 18.2 Å². The average Bonchev–Trinajstić information content (AvgIpc) is 3.03. The summed E-state index contributed by atoms with van der Waals surface area (Å²) >= 11 is 3.41. The third-order valence-electron chi connectivity index (χ3n) is 4.14. The number of nitrogens with zero attached hydrogens (tertiary/aromatic N) is 2. The number of benzene rings is 1. The maximum atomic E-state index is 13.2. The van der Waals surface area contributed by atoms with Gasteiger partial charge in [-0.25, -0.2) is 4.79 Å². The van der Waals surface area contributed by atoms with Crippen LogP contribution in [-0.2, 0) is 4.79 Å². The number of nitro groups is 1. The van der Waals surface area contributed by atoms with Crippen LogP contribution in [0.1, 0.15) is 30.6 Å². The summed E-state index contributed by atoms with van der Waals surface area (Å²) in [5.74, 6) is 0.241. The number of carboxylic acid groups (broad SMARTS) is 1. The highest BCUT2D eigenvalue weighted by molar-refractivity contribution is 8.17. The Labute approximate surface area is 166 Å². The molecule has 1 aromatic rings. The van der Waals surface area contributed by atoms with E-state index in [2.05, 4.69) is 0 Å². The minimum Gasteiger partial charge on any atom is -0.478 e. The molecule has 9 heteroatoms. The number of nitro benzene ring substituents is 1. The second kappa shape index (κ2) is 9.80. The highest BCUT2D eigenvalue weighted by atomic mass is 32.2. The van der Waals surface area contributed by atoms with E-state index in [-0.39, 0.29) is 28.4 Å². The molecule has 0 spiro atoms. The Kier molecular flexibility index (Phi) is 7.73. The van der Waals surface area contributed by atoms with Crippen LogP contribution in [0.5, 0.6) is 0 Å². The number of carbonyl (C=O) groups is 2. The number of carboxylic acids is 1. The Morgan fingerprint density at radius 2 is 1.96 bits per heavy atom. The van der Waals surface area contributed by atoms with E-state index in [1.807, 2.05) is 13.8 Å². The van der Waals surface area contributed by atoms with Gasteiger partial charge in [-0.15, -0.1) is 23.5 Å². The standard InChI is InChI=1S/C18H22N2O5S2/c1-3-26-18(27-4-2)15-9-12(10-16(21)22)11-19(15)17(23)13-7-5-6-8-14(13)20(24)25/h5-8,10,15,18H,3-4,9,11H2,1-2H3,(H,21,22)/b12-10+/t15-/m0/s1. The van der Waals surface area contributed by atoms with E-state index < -0.39 is 16.8 Å². The van der Waals surface area contributed by atoms with Crippen molar-refractivity contribution in [1.29, 1.82) is 0 Å². The topological polar surface area (TPSA) is 101 Å². The zero-order valence-electron chi connectivity index (χ0n) is 15.2. The number of thioether (sulfide) groups is 2. The molecule has 1 atom stereocenters. The Morgan fingerprint density at radius 1 is 1.33 bits per heavy atom. The summed E-state index contributed by atoms with van der Waals surface area (Å²) in [5, 5.41) is 20.4. The van der Waals surface area contributed by atoms with Crippen LogP contribution in [0.15, 0.2) is 35.9 Å². The highest BCUT2D eigenvalue weighted by Crippen LogP contribution is 2.38. The summed E-state index contributed by atoms with van der Waals surface area (Å²) in [5.41, 5.74) is 0.448. The largest absolute Gasteiger partial charge is 0.478 e. The first-order valence-corrected chi connectivity index (χ1v) is 10.7. The molecule has 1 heterocycles. The molecule has 2 rings (SSSR count). The maximum Gasteiger partial charge on any atom is 0.328 e. The third kappa shape index (κ3) is 5.26. The number of hydrogen-bond donors (Lipinski definition) is 1. The fourth-order valence-electron chi connectivity index (χ4n) is 3.09. The Bertz CT molecular complexity index is 747. The van der Waals surface area contributed by atoms with E-state index in [0.717, 1.165) is 17.6 Å². The zero-order valence-corrected chi connectivity index (χ0v) is 16.8. The Morgan fingerprint density at radius 3 is 2.52 bits per heavy atom.